The normalized spacial score (nSPS) is 29.3. The van der Waals surface area contributed by atoms with Crippen LogP contribution in [0.2, 0.25) is 0 Å². The van der Waals surface area contributed by atoms with Crippen LogP contribution in [0.5, 0.6) is 0 Å². The van der Waals surface area contributed by atoms with Crippen molar-refractivity contribution in [2.24, 2.45) is 5.92 Å². The second-order valence-electron chi connectivity index (χ2n) is 5.35. The second kappa shape index (κ2) is 6.30. The molecule has 21 heavy (non-hydrogen) atoms. The number of likely N-dealkylation sites (N-methyl/N-ethyl adjacent to an activating group) is 1. The summed E-state index contributed by atoms with van der Waals surface area (Å²) in [6.07, 6.45) is 0.442. The summed E-state index contributed by atoms with van der Waals surface area (Å²) in [7, 11) is 1.51. The number of morpholine rings is 1. The van der Waals surface area contributed by atoms with Crippen LogP contribution in [0.25, 0.3) is 0 Å². The summed E-state index contributed by atoms with van der Waals surface area (Å²) in [5.74, 6) is -1.71. The Morgan fingerprint density at radius 2 is 1.95 bits per heavy atom. The van der Waals surface area contributed by atoms with E-state index in [4.69, 9.17) is 9.84 Å². The molecule has 2 saturated heterocycles. The predicted molar refractivity (Wildman–Crippen MR) is 72.7 cm³/mol. The Bertz CT molecular complexity index is 442. The Hall–Kier alpha value is -1.83. The Morgan fingerprint density at radius 1 is 1.24 bits per heavy atom. The zero-order valence-corrected chi connectivity index (χ0v) is 12.2. The van der Waals surface area contributed by atoms with Crippen molar-refractivity contribution < 1.29 is 24.2 Å². The minimum absolute atomic E-state index is 0.163. The molecule has 0 spiro atoms. The van der Waals surface area contributed by atoms with E-state index >= 15 is 0 Å². The van der Waals surface area contributed by atoms with Gasteiger partial charge in [-0.05, 0) is 13.3 Å². The minimum Gasteiger partial charge on any atom is -0.481 e. The van der Waals surface area contributed by atoms with Gasteiger partial charge in [0.25, 0.3) is 0 Å². The maximum Gasteiger partial charge on any atom is 0.321 e. The molecular formula is C13H21N3O5. The summed E-state index contributed by atoms with van der Waals surface area (Å²) >= 11 is 0. The fourth-order valence-corrected chi connectivity index (χ4v) is 2.92. The summed E-state index contributed by atoms with van der Waals surface area (Å²) in [5.41, 5.74) is 0. The van der Waals surface area contributed by atoms with Gasteiger partial charge in [0.15, 0.2) is 0 Å². The molecule has 2 rings (SSSR count). The average molecular weight is 299 g/mol. The highest BCUT2D eigenvalue weighted by molar-refractivity contribution is 5.87. The molecule has 8 nitrogen and oxygen atoms in total. The van der Waals surface area contributed by atoms with Crippen molar-refractivity contribution in [3.05, 3.63) is 0 Å². The molecule has 2 aliphatic heterocycles. The first-order valence-corrected chi connectivity index (χ1v) is 7.06. The lowest BCUT2D eigenvalue weighted by atomic mass is 10.0. The highest BCUT2D eigenvalue weighted by Gasteiger charge is 2.42. The van der Waals surface area contributed by atoms with E-state index in [0.717, 1.165) is 0 Å². The number of likely N-dealkylation sites (tertiary alicyclic amines) is 1. The molecule has 118 valence electrons. The number of carbonyl (C=O) groups excluding carboxylic acids is 2. The molecule has 0 aromatic rings. The standard InChI is InChI=1S/C13H21N3O5/c1-8-9(12(18)19)3-4-15(8)13(20)16-5-6-21-7-10(16)11(17)14-2/h8-10H,3-7H2,1-2H3,(H,14,17)(H,18,19). The third-order valence-corrected chi connectivity index (χ3v) is 4.24. The zero-order valence-electron chi connectivity index (χ0n) is 12.2. The molecule has 0 saturated carbocycles. The Morgan fingerprint density at radius 3 is 2.52 bits per heavy atom. The van der Waals surface area contributed by atoms with E-state index < -0.39 is 17.9 Å². The second-order valence-corrected chi connectivity index (χ2v) is 5.35. The first-order valence-electron chi connectivity index (χ1n) is 7.06. The number of amides is 3. The molecule has 2 fully saturated rings. The number of carbonyl (C=O) groups is 3. The van der Waals surface area contributed by atoms with Crippen LogP contribution in [-0.4, -0.2) is 78.2 Å². The maximum atomic E-state index is 12.6. The monoisotopic (exact) mass is 299 g/mol. The molecule has 0 bridgehead atoms. The van der Waals surface area contributed by atoms with E-state index in [1.807, 2.05) is 0 Å². The molecule has 2 aliphatic rings. The summed E-state index contributed by atoms with van der Waals surface area (Å²) < 4.78 is 5.27. The van der Waals surface area contributed by atoms with Crippen molar-refractivity contribution >= 4 is 17.9 Å². The van der Waals surface area contributed by atoms with E-state index in [-0.39, 0.29) is 24.6 Å². The molecule has 3 atom stereocenters. The lowest BCUT2D eigenvalue weighted by molar-refractivity contribution is -0.142. The molecule has 2 heterocycles. The van der Waals surface area contributed by atoms with E-state index in [1.54, 1.807) is 11.8 Å². The first kappa shape index (κ1) is 15.6. The molecule has 8 heteroatoms. The highest BCUT2D eigenvalue weighted by Crippen LogP contribution is 2.26. The predicted octanol–water partition coefficient (Wildman–Crippen LogP) is -0.652. The van der Waals surface area contributed by atoms with Crippen LogP contribution < -0.4 is 5.32 Å². The molecule has 0 aliphatic carbocycles. The zero-order chi connectivity index (χ0) is 15.6. The Kier molecular flexibility index (Phi) is 4.66. The van der Waals surface area contributed by atoms with Gasteiger partial charge in [-0.1, -0.05) is 0 Å². The van der Waals surface area contributed by atoms with Crippen LogP contribution in [0, 0.1) is 5.92 Å². The van der Waals surface area contributed by atoms with Crippen LogP contribution >= 0.6 is 0 Å². The van der Waals surface area contributed by atoms with Crippen molar-refractivity contribution in [2.45, 2.75) is 25.4 Å². The number of aliphatic carboxylic acids is 1. The van der Waals surface area contributed by atoms with Crippen LogP contribution in [-0.2, 0) is 14.3 Å². The van der Waals surface area contributed by atoms with Crippen molar-refractivity contribution in [2.75, 3.05) is 33.4 Å². The number of urea groups is 1. The lowest BCUT2D eigenvalue weighted by Crippen LogP contribution is -2.59. The van der Waals surface area contributed by atoms with E-state index in [1.165, 1.54) is 11.9 Å². The molecule has 3 unspecified atom stereocenters. The van der Waals surface area contributed by atoms with Gasteiger partial charge >= 0.3 is 12.0 Å². The lowest BCUT2D eigenvalue weighted by Gasteiger charge is -2.38. The highest BCUT2D eigenvalue weighted by atomic mass is 16.5. The third kappa shape index (κ3) is 2.94. The van der Waals surface area contributed by atoms with Crippen molar-refractivity contribution in [1.82, 2.24) is 15.1 Å². The molecule has 2 N–H and O–H groups in total. The number of nitrogens with zero attached hydrogens (tertiary/aromatic N) is 2. The van der Waals surface area contributed by atoms with Gasteiger partial charge in [-0.3, -0.25) is 9.59 Å². The number of hydrogen-bond acceptors (Lipinski definition) is 4. The molecule has 0 aromatic carbocycles. The van der Waals surface area contributed by atoms with Gasteiger partial charge in [0.1, 0.15) is 6.04 Å². The van der Waals surface area contributed by atoms with Gasteiger partial charge in [0.2, 0.25) is 5.91 Å². The third-order valence-electron chi connectivity index (χ3n) is 4.24. The van der Waals surface area contributed by atoms with Gasteiger partial charge in [-0.15, -0.1) is 0 Å². The number of carboxylic acid groups (broad SMARTS) is 1. The van der Waals surface area contributed by atoms with E-state index in [2.05, 4.69) is 5.32 Å². The fourth-order valence-electron chi connectivity index (χ4n) is 2.92. The molecule has 0 aromatic heterocycles. The molecule has 0 radical (unpaired) electrons. The Balaban J connectivity index is 2.11. The fraction of sp³-hybridized carbons (Fsp3) is 0.769. The molecule has 3 amide bonds. The van der Waals surface area contributed by atoms with Crippen molar-refractivity contribution in [3.63, 3.8) is 0 Å². The number of nitrogens with one attached hydrogen (secondary N) is 1. The maximum absolute atomic E-state index is 12.6. The van der Waals surface area contributed by atoms with E-state index in [0.29, 0.717) is 26.1 Å². The summed E-state index contributed by atoms with van der Waals surface area (Å²) in [6, 6.07) is -1.32. The number of carboxylic acids is 1. The van der Waals surface area contributed by atoms with Gasteiger partial charge in [0.05, 0.1) is 19.1 Å². The van der Waals surface area contributed by atoms with Gasteiger partial charge < -0.3 is 25.0 Å². The van der Waals surface area contributed by atoms with Crippen LogP contribution in [0.15, 0.2) is 0 Å². The number of hydrogen-bond donors (Lipinski definition) is 2. The van der Waals surface area contributed by atoms with Crippen LogP contribution in [0.1, 0.15) is 13.3 Å². The minimum atomic E-state index is -0.886. The topological polar surface area (TPSA) is 99.2 Å². The largest absolute Gasteiger partial charge is 0.481 e. The summed E-state index contributed by atoms with van der Waals surface area (Å²) in [6.45, 7) is 3.01. The summed E-state index contributed by atoms with van der Waals surface area (Å²) in [5, 5.41) is 11.7. The smallest absolute Gasteiger partial charge is 0.321 e. The molecular weight excluding hydrogens is 278 g/mol. The van der Waals surface area contributed by atoms with Gasteiger partial charge in [-0.25, -0.2) is 4.79 Å². The SMILES string of the molecule is CNC(=O)C1COCCN1C(=O)N1CCC(C(=O)O)C1C. The van der Waals surface area contributed by atoms with E-state index in [9.17, 15) is 14.4 Å². The quantitative estimate of drug-likeness (QED) is 0.706. The van der Waals surface area contributed by atoms with Crippen molar-refractivity contribution in [1.29, 1.82) is 0 Å². The van der Waals surface area contributed by atoms with Gasteiger partial charge in [0, 0.05) is 26.2 Å². The number of ether oxygens (including phenoxy) is 1. The average Bonchev–Trinajstić information content (AvgIpc) is 2.87. The number of rotatable bonds is 2. The first-order chi connectivity index (χ1) is 9.97. The van der Waals surface area contributed by atoms with Gasteiger partial charge in [-0.2, -0.15) is 0 Å². The van der Waals surface area contributed by atoms with Crippen molar-refractivity contribution in [3.8, 4) is 0 Å². The van der Waals surface area contributed by atoms with Crippen LogP contribution in [0.4, 0.5) is 4.79 Å². The van der Waals surface area contributed by atoms with Crippen LogP contribution in [0.3, 0.4) is 0 Å². The summed E-state index contributed by atoms with van der Waals surface area (Å²) in [4.78, 5) is 38.6. The Labute approximate surface area is 123 Å².